The highest BCUT2D eigenvalue weighted by molar-refractivity contribution is 5.96. The first kappa shape index (κ1) is 12.4. The highest BCUT2D eigenvalue weighted by Gasteiger charge is 2.15. The quantitative estimate of drug-likeness (QED) is 0.729. The van der Waals surface area contributed by atoms with Crippen molar-refractivity contribution in [1.29, 1.82) is 0 Å². The lowest BCUT2D eigenvalue weighted by atomic mass is 9.98. The Morgan fingerprint density at radius 2 is 1.95 bits per heavy atom. The summed E-state index contributed by atoms with van der Waals surface area (Å²) in [7, 11) is 0. The smallest absolute Gasteiger partial charge is 0.251 e. The van der Waals surface area contributed by atoms with Crippen molar-refractivity contribution in [2.45, 2.75) is 6.42 Å². The van der Waals surface area contributed by atoms with Gasteiger partial charge in [-0.05, 0) is 42.3 Å². The molecule has 1 heterocycles. The summed E-state index contributed by atoms with van der Waals surface area (Å²) in [5.41, 5.74) is 2.87. The maximum Gasteiger partial charge on any atom is 0.251 e. The molecule has 3 heteroatoms. The molecule has 2 nitrogen and oxygen atoms in total. The fraction of sp³-hybridized carbons (Fsp3) is 0.118. The zero-order chi connectivity index (χ0) is 13.9. The lowest BCUT2D eigenvalue weighted by Gasteiger charge is -2.16. The number of fused-ring (bicyclic) bond motifs is 1. The zero-order valence-corrected chi connectivity index (χ0v) is 10.7. The van der Waals surface area contributed by atoms with Gasteiger partial charge >= 0.3 is 0 Å². The van der Waals surface area contributed by atoms with Crippen molar-refractivity contribution in [3.05, 3.63) is 70.5 Å². The van der Waals surface area contributed by atoms with E-state index >= 15 is 0 Å². The van der Waals surface area contributed by atoms with Gasteiger partial charge in [0.15, 0.2) is 0 Å². The van der Waals surface area contributed by atoms with Crippen LogP contribution in [0.4, 0.5) is 4.39 Å². The lowest BCUT2D eigenvalue weighted by Crippen LogP contribution is -2.31. The predicted molar refractivity (Wildman–Crippen MR) is 74.9 cm³/mol. The zero-order valence-electron chi connectivity index (χ0n) is 10.7. The lowest BCUT2D eigenvalue weighted by molar-refractivity contribution is 0.0946. The first-order valence-electron chi connectivity index (χ1n) is 6.42. The first-order chi connectivity index (χ1) is 9.74. The summed E-state index contributed by atoms with van der Waals surface area (Å²) in [4.78, 5) is 11.6. The number of hydrogen-bond acceptors (Lipinski definition) is 1. The number of amides is 1. The fourth-order valence-electron chi connectivity index (χ4n) is 2.21. The van der Waals surface area contributed by atoms with E-state index in [1.807, 2.05) is 6.07 Å². The Hall–Kier alpha value is -2.60. The molecule has 98 valence electrons. The molecule has 1 aliphatic rings. The van der Waals surface area contributed by atoms with E-state index in [1.54, 1.807) is 30.3 Å². The maximum atomic E-state index is 13.5. The Balaban J connectivity index is 1.94. The van der Waals surface area contributed by atoms with Crippen LogP contribution in [0.1, 0.15) is 27.0 Å². The largest absolute Gasteiger partial charge is 0.352 e. The van der Waals surface area contributed by atoms with Crippen LogP contribution in [-0.4, -0.2) is 12.5 Å². The predicted octanol–water partition coefficient (Wildman–Crippen LogP) is 2.51. The van der Waals surface area contributed by atoms with Crippen molar-refractivity contribution in [3.63, 3.8) is 0 Å². The molecular weight excluding hydrogens is 253 g/mol. The molecule has 0 spiro atoms. The summed E-state index contributed by atoms with van der Waals surface area (Å²) in [5.74, 6) is 5.40. The Labute approximate surface area is 116 Å². The summed E-state index contributed by atoms with van der Waals surface area (Å²) >= 11 is 0. The van der Waals surface area contributed by atoms with Crippen molar-refractivity contribution in [2.75, 3.05) is 6.54 Å². The average molecular weight is 265 g/mol. The van der Waals surface area contributed by atoms with E-state index in [0.717, 1.165) is 17.5 Å². The van der Waals surface area contributed by atoms with E-state index in [1.165, 1.54) is 6.07 Å². The molecule has 3 rings (SSSR count). The molecule has 2 aromatic carbocycles. The normalized spacial score (nSPS) is 12.9. The van der Waals surface area contributed by atoms with Gasteiger partial charge in [0, 0.05) is 17.7 Å². The fourth-order valence-corrected chi connectivity index (χ4v) is 2.21. The number of hydrogen-bond donors (Lipinski definition) is 1. The van der Waals surface area contributed by atoms with Crippen molar-refractivity contribution >= 4 is 5.91 Å². The van der Waals surface area contributed by atoms with Crippen LogP contribution in [0.2, 0.25) is 0 Å². The van der Waals surface area contributed by atoms with Gasteiger partial charge in [-0.15, -0.1) is 0 Å². The number of rotatable bonds is 0. The molecule has 0 unspecified atom stereocenters. The van der Waals surface area contributed by atoms with Gasteiger partial charge in [0.2, 0.25) is 0 Å². The Bertz CT molecular complexity index is 740. The molecule has 0 aliphatic carbocycles. The molecule has 0 atom stereocenters. The number of halogens is 1. The van der Waals surface area contributed by atoms with E-state index in [2.05, 4.69) is 17.2 Å². The van der Waals surface area contributed by atoms with Crippen LogP contribution in [0.5, 0.6) is 0 Å². The second-order valence-electron chi connectivity index (χ2n) is 4.61. The second-order valence-corrected chi connectivity index (χ2v) is 4.61. The summed E-state index contributed by atoms with van der Waals surface area (Å²) in [6.07, 6.45) is 0.802. The summed E-state index contributed by atoms with van der Waals surface area (Å²) < 4.78 is 13.5. The minimum absolute atomic E-state index is 0.0418. The Kier molecular flexibility index (Phi) is 3.22. The van der Waals surface area contributed by atoms with E-state index in [9.17, 15) is 9.18 Å². The van der Waals surface area contributed by atoms with Crippen molar-refractivity contribution in [2.24, 2.45) is 0 Å². The van der Waals surface area contributed by atoms with Crippen molar-refractivity contribution in [3.8, 4) is 11.8 Å². The van der Waals surface area contributed by atoms with Crippen LogP contribution >= 0.6 is 0 Å². The first-order valence-corrected chi connectivity index (χ1v) is 6.42. The summed E-state index contributed by atoms with van der Waals surface area (Å²) in [5, 5.41) is 2.80. The van der Waals surface area contributed by atoms with Gasteiger partial charge in [-0.2, -0.15) is 0 Å². The molecule has 1 amide bonds. The van der Waals surface area contributed by atoms with Crippen LogP contribution in [0, 0.1) is 17.7 Å². The molecule has 1 aliphatic heterocycles. The maximum absolute atomic E-state index is 13.5. The van der Waals surface area contributed by atoms with Crippen LogP contribution in [-0.2, 0) is 6.42 Å². The van der Waals surface area contributed by atoms with Gasteiger partial charge in [-0.3, -0.25) is 4.79 Å². The van der Waals surface area contributed by atoms with Crippen LogP contribution < -0.4 is 5.32 Å². The number of carbonyl (C=O) groups is 1. The Morgan fingerprint density at radius 3 is 2.80 bits per heavy atom. The van der Waals surface area contributed by atoms with Crippen LogP contribution in [0.25, 0.3) is 0 Å². The van der Waals surface area contributed by atoms with Gasteiger partial charge < -0.3 is 5.32 Å². The minimum Gasteiger partial charge on any atom is -0.352 e. The summed E-state index contributed by atoms with van der Waals surface area (Å²) in [6.45, 7) is 0.649. The van der Waals surface area contributed by atoms with E-state index in [4.69, 9.17) is 0 Å². The molecule has 2 aromatic rings. The van der Waals surface area contributed by atoms with Gasteiger partial charge in [0.1, 0.15) is 5.82 Å². The molecule has 20 heavy (non-hydrogen) atoms. The molecular formula is C17H12FNO. The van der Waals surface area contributed by atoms with Crippen molar-refractivity contribution in [1.82, 2.24) is 5.32 Å². The summed E-state index contributed by atoms with van der Waals surface area (Å²) in [6, 6.07) is 11.9. The van der Waals surface area contributed by atoms with E-state index in [0.29, 0.717) is 17.7 Å². The SMILES string of the molecule is O=C1NCCc2cc(C#Cc3ccccc3F)ccc21. The topological polar surface area (TPSA) is 29.1 Å². The van der Waals surface area contributed by atoms with Gasteiger partial charge in [-0.25, -0.2) is 4.39 Å². The molecule has 0 aromatic heterocycles. The van der Waals surface area contributed by atoms with Gasteiger partial charge in [0.25, 0.3) is 5.91 Å². The third-order valence-corrected chi connectivity index (χ3v) is 3.25. The third-order valence-electron chi connectivity index (χ3n) is 3.25. The number of benzene rings is 2. The van der Waals surface area contributed by atoms with Crippen molar-refractivity contribution < 1.29 is 9.18 Å². The Morgan fingerprint density at radius 1 is 1.10 bits per heavy atom. The van der Waals surface area contributed by atoms with Gasteiger partial charge in [-0.1, -0.05) is 24.0 Å². The van der Waals surface area contributed by atoms with E-state index in [-0.39, 0.29) is 11.7 Å². The minimum atomic E-state index is -0.322. The molecule has 0 saturated heterocycles. The van der Waals surface area contributed by atoms with Gasteiger partial charge in [0.05, 0.1) is 5.56 Å². The number of carbonyl (C=O) groups excluding carboxylic acids is 1. The van der Waals surface area contributed by atoms with E-state index < -0.39 is 0 Å². The van der Waals surface area contributed by atoms with Crippen LogP contribution in [0.3, 0.4) is 0 Å². The highest BCUT2D eigenvalue weighted by Crippen LogP contribution is 2.15. The molecule has 0 saturated carbocycles. The molecule has 0 fully saturated rings. The average Bonchev–Trinajstić information content (AvgIpc) is 2.46. The highest BCUT2D eigenvalue weighted by atomic mass is 19.1. The second kappa shape index (κ2) is 5.18. The molecule has 1 N–H and O–H groups in total. The number of nitrogens with one attached hydrogen (secondary N) is 1. The van der Waals surface area contributed by atoms with Crippen LogP contribution in [0.15, 0.2) is 42.5 Å². The monoisotopic (exact) mass is 265 g/mol. The molecule has 0 bridgehead atoms. The molecule has 0 radical (unpaired) electrons. The standard InChI is InChI=1S/C17H12FNO/c18-16-4-2-1-3-13(16)7-5-12-6-8-15-14(11-12)9-10-19-17(15)20/h1-4,6,8,11H,9-10H2,(H,19,20). The third kappa shape index (κ3) is 2.41.